The molecule has 3 aromatic rings. The van der Waals surface area contributed by atoms with E-state index in [1.165, 1.54) is 6.20 Å². The Morgan fingerprint density at radius 1 is 1.03 bits per heavy atom. The number of pyridine rings is 1. The number of hydrogen-bond donors (Lipinski definition) is 2. The second-order valence-electron chi connectivity index (χ2n) is 7.19. The lowest BCUT2D eigenvalue weighted by atomic mass is 10.0. The summed E-state index contributed by atoms with van der Waals surface area (Å²) in [6.45, 7) is 0.229. The summed E-state index contributed by atoms with van der Waals surface area (Å²) >= 11 is 0. The van der Waals surface area contributed by atoms with Gasteiger partial charge in [-0.25, -0.2) is 18.6 Å². The number of carbonyl (C=O) groups is 1. The van der Waals surface area contributed by atoms with Crippen molar-refractivity contribution in [3.8, 4) is 17.2 Å². The maximum atomic E-state index is 14.2. The molecule has 0 radical (unpaired) electrons. The molecule has 2 amide bonds. The molecule has 0 spiro atoms. The number of ether oxygens (including phenoxy) is 2. The van der Waals surface area contributed by atoms with E-state index in [4.69, 9.17) is 9.47 Å². The molecule has 8 heteroatoms. The highest BCUT2D eigenvalue weighted by Gasteiger charge is 2.57. The van der Waals surface area contributed by atoms with E-state index >= 15 is 0 Å². The first-order valence-electron chi connectivity index (χ1n) is 9.47. The molecule has 1 fully saturated rings. The minimum Gasteiger partial charge on any atom is -0.490 e. The van der Waals surface area contributed by atoms with Gasteiger partial charge in [-0.05, 0) is 36.4 Å². The van der Waals surface area contributed by atoms with Gasteiger partial charge in [-0.1, -0.05) is 18.2 Å². The number of nitrogens with zero attached hydrogens (tertiary/aromatic N) is 1. The van der Waals surface area contributed by atoms with Crippen LogP contribution < -0.4 is 20.1 Å². The van der Waals surface area contributed by atoms with Crippen LogP contribution in [0.2, 0.25) is 0 Å². The topological polar surface area (TPSA) is 72.5 Å². The molecule has 2 heterocycles. The number of hydrogen-bond acceptors (Lipinski definition) is 4. The first kappa shape index (κ1) is 18.4. The van der Waals surface area contributed by atoms with E-state index in [1.54, 1.807) is 12.1 Å². The van der Waals surface area contributed by atoms with Gasteiger partial charge in [-0.2, -0.15) is 0 Å². The van der Waals surface area contributed by atoms with Gasteiger partial charge in [0.25, 0.3) is 0 Å². The summed E-state index contributed by atoms with van der Waals surface area (Å²) < 4.78 is 39.1. The van der Waals surface area contributed by atoms with Crippen LogP contribution in [0.5, 0.6) is 17.2 Å². The number of aromatic nitrogens is 1. The van der Waals surface area contributed by atoms with Gasteiger partial charge in [0.15, 0.2) is 11.6 Å². The second kappa shape index (κ2) is 7.29. The highest BCUT2D eigenvalue weighted by molar-refractivity contribution is 5.89. The zero-order valence-electron chi connectivity index (χ0n) is 15.6. The molecule has 0 saturated heterocycles. The zero-order chi connectivity index (χ0) is 20.7. The number of anilines is 1. The smallest absolute Gasteiger partial charge is 0.320 e. The summed E-state index contributed by atoms with van der Waals surface area (Å²) in [5, 5.41) is 5.43. The number of halogens is 2. The highest BCUT2D eigenvalue weighted by Crippen LogP contribution is 2.55. The van der Waals surface area contributed by atoms with Crippen molar-refractivity contribution < 1.29 is 23.0 Å². The van der Waals surface area contributed by atoms with Gasteiger partial charge in [-0.15, -0.1) is 0 Å². The van der Waals surface area contributed by atoms with Gasteiger partial charge in [-0.3, -0.25) is 5.32 Å². The number of carbonyl (C=O) groups excluding carboxylic acids is 1. The van der Waals surface area contributed by atoms with Crippen LogP contribution in [0.15, 0.2) is 60.8 Å². The van der Waals surface area contributed by atoms with Gasteiger partial charge in [0.2, 0.25) is 0 Å². The van der Waals surface area contributed by atoms with Gasteiger partial charge < -0.3 is 14.8 Å². The molecule has 1 aromatic heterocycles. The molecular weight excluding hydrogens is 392 g/mol. The SMILES string of the molecule is O=C(Nc1ccc(Oc2ccccc2)cn1)N[C@@H]1[C@@H]2COc3c(F)ccc(F)c3[C@@H]21. The molecule has 0 bridgehead atoms. The fraction of sp³-hybridized carbons (Fsp3) is 0.182. The fourth-order valence-corrected chi connectivity index (χ4v) is 3.80. The van der Waals surface area contributed by atoms with Crippen molar-refractivity contribution in [1.82, 2.24) is 10.3 Å². The van der Waals surface area contributed by atoms with Crippen molar-refractivity contribution in [3.05, 3.63) is 78.0 Å². The molecule has 6 nitrogen and oxygen atoms in total. The van der Waals surface area contributed by atoms with Crippen molar-refractivity contribution in [2.45, 2.75) is 12.0 Å². The molecule has 1 aliphatic heterocycles. The van der Waals surface area contributed by atoms with Gasteiger partial charge in [0.1, 0.15) is 23.1 Å². The molecule has 5 rings (SSSR count). The molecule has 1 saturated carbocycles. The molecule has 3 atom stereocenters. The molecule has 2 N–H and O–H groups in total. The van der Waals surface area contributed by atoms with E-state index < -0.39 is 17.7 Å². The standard InChI is InChI=1S/C22H17F2N3O3/c23-15-7-8-16(24)21-19(15)18-14(11-29-21)20(18)27-22(28)26-17-9-6-13(10-25-17)30-12-4-2-1-3-5-12/h1-10,14,18,20H,11H2,(H2,25,26,27,28)/t14-,18-,20-/m1/s1. The average molecular weight is 409 g/mol. The van der Waals surface area contributed by atoms with Crippen LogP contribution in [0.4, 0.5) is 19.4 Å². The van der Waals surface area contributed by atoms with E-state index in [1.807, 2.05) is 30.3 Å². The first-order valence-corrected chi connectivity index (χ1v) is 9.47. The third kappa shape index (κ3) is 3.41. The number of rotatable bonds is 4. The maximum absolute atomic E-state index is 14.2. The fourth-order valence-electron chi connectivity index (χ4n) is 3.80. The number of amides is 2. The van der Waals surface area contributed by atoms with Crippen molar-refractivity contribution >= 4 is 11.8 Å². The third-order valence-corrected chi connectivity index (χ3v) is 5.27. The first-order chi connectivity index (χ1) is 14.6. The van der Waals surface area contributed by atoms with E-state index in [0.29, 0.717) is 17.3 Å². The predicted molar refractivity (Wildman–Crippen MR) is 105 cm³/mol. The Labute approximate surface area is 170 Å². The monoisotopic (exact) mass is 409 g/mol. The highest BCUT2D eigenvalue weighted by atomic mass is 19.1. The van der Waals surface area contributed by atoms with Crippen LogP contribution in [0.1, 0.15) is 11.5 Å². The number of para-hydroxylation sites is 1. The predicted octanol–water partition coefficient (Wildman–Crippen LogP) is 4.45. The van der Waals surface area contributed by atoms with E-state index in [0.717, 1.165) is 12.1 Å². The molecule has 0 unspecified atom stereocenters. The summed E-state index contributed by atoms with van der Waals surface area (Å²) in [5.74, 6) is -0.0173. The van der Waals surface area contributed by atoms with Crippen LogP contribution >= 0.6 is 0 Å². The van der Waals surface area contributed by atoms with Crippen molar-refractivity contribution in [3.63, 3.8) is 0 Å². The number of nitrogens with one attached hydrogen (secondary N) is 2. The zero-order valence-corrected chi connectivity index (χ0v) is 15.6. The van der Waals surface area contributed by atoms with Crippen LogP contribution in [0.25, 0.3) is 0 Å². The normalized spacial score (nSPS) is 20.9. The van der Waals surface area contributed by atoms with E-state index in [9.17, 15) is 13.6 Å². The Morgan fingerprint density at radius 3 is 2.60 bits per heavy atom. The van der Waals surface area contributed by atoms with Gasteiger partial charge in [0.05, 0.1) is 12.8 Å². The Kier molecular flexibility index (Phi) is 4.46. The molecule has 2 aromatic carbocycles. The maximum Gasteiger partial charge on any atom is 0.320 e. The third-order valence-electron chi connectivity index (χ3n) is 5.27. The summed E-state index contributed by atoms with van der Waals surface area (Å²) in [6, 6.07) is 13.9. The molecular formula is C22H17F2N3O3. The average Bonchev–Trinajstić information content (AvgIpc) is 3.45. The summed E-state index contributed by atoms with van der Waals surface area (Å²) in [4.78, 5) is 16.5. The molecule has 152 valence electrons. The summed E-state index contributed by atoms with van der Waals surface area (Å²) in [5.41, 5.74) is 0.192. The second-order valence-corrected chi connectivity index (χ2v) is 7.19. The van der Waals surface area contributed by atoms with E-state index in [2.05, 4.69) is 15.6 Å². The number of urea groups is 1. The lowest BCUT2D eigenvalue weighted by Crippen LogP contribution is -2.32. The molecule has 2 aliphatic rings. The lowest BCUT2D eigenvalue weighted by Gasteiger charge is -2.16. The largest absolute Gasteiger partial charge is 0.490 e. The Bertz CT molecular complexity index is 1090. The Hall–Kier alpha value is -3.68. The Morgan fingerprint density at radius 2 is 1.83 bits per heavy atom. The van der Waals surface area contributed by atoms with Gasteiger partial charge in [0, 0.05) is 23.4 Å². The minimum atomic E-state index is -0.595. The van der Waals surface area contributed by atoms with Crippen molar-refractivity contribution in [1.29, 1.82) is 0 Å². The van der Waals surface area contributed by atoms with Crippen molar-refractivity contribution in [2.75, 3.05) is 11.9 Å². The van der Waals surface area contributed by atoms with Crippen LogP contribution in [0, 0.1) is 17.6 Å². The molecule has 1 aliphatic carbocycles. The van der Waals surface area contributed by atoms with Gasteiger partial charge >= 0.3 is 6.03 Å². The van der Waals surface area contributed by atoms with Crippen LogP contribution in [-0.2, 0) is 0 Å². The minimum absolute atomic E-state index is 0.0587. The van der Waals surface area contributed by atoms with Crippen LogP contribution in [0.3, 0.4) is 0 Å². The summed E-state index contributed by atoms with van der Waals surface area (Å²) in [7, 11) is 0. The Balaban J connectivity index is 1.21. The summed E-state index contributed by atoms with van der Waals surface area (Å²) in [6.07, 6.45) is 1.50. The number of benzene rings is 2. The quantitative estimate of drug-likeness (QED) is 0.668. The molecule has 30 heavy (non-hydrogen) atoms. The lowest BCUT2D eigenvalue weighted by molar-refractivity contribution is 0.247. The number of fused-ring (bicyclic) bond motifs is 3. The van der Waals surface area contributed by atoms with Crippen LogP contribution in [-0.4, -0.2) is 23.7 Å². The van der Waals surface area contributed by atoms with Crippen molar-refractivity contribution in [2.24, 2.45) is 5.92 Å². The van der Waals surface area contributed by atoms with E-state index in [-0.39, 0.29) is 35.8 Å².